The molecule has 2 heteroatoms. The predicted molar refractivity (Wildman–Crippen MR) is 92.9 cm³/mol. The number of ether oxygens (including phenoxy) is 1. The summed E-state index contributed by atoms with van der Waals surface area (Å²) >= 11 is 0. The van der Waals surface area contributed by atoms with Crippen molar-refractivity contribution in [2.24, 2.45) is 0 Å². The van der Waals surface area contributed by atoms with Crippen molar-refractivity contribution in [3.05, 3.63) is 41.0 Å². The van der Waals surface area contributed by atoms with Crippen molar-refractivity contribution in [3.8, 4) is 0 Å². The van der Waals surface area contributed by atoms with Gasteiger partial charge in [-0.05, 0) is 82.0 Å². The summed E-state index contributed by atoms with van der Waals surface area (Å²) in [5.41, 5.74) is 4.32. The van der Waals surface area contributed by atoms with Crippen LogP contribution in [0.5, 0.6) is 0 Å². The van der Waals surface area contributed by atoms with E-state index in [9.17, 15) is 0 Å². The van der Waals surface area contributed by atoms with Crippen molar-refractivity contribution in [2.75, 3.05) is 20.2 Å². The van der Waals surface area contributed by atoms with Crippen LogP contribution in [0.1, 0.15) is 68.4 Å². The lowest BCUT2D eigenvalue weighted by Gasteiger charge is -2.23. The van der Waals surface area contributed by atoms with E-state index in [4.69, 9.17) is 4.74 Å². The molecule has 2 aliphatic carbocycles. The van der Waals surface area contributed by atoms with E-state index in [2.05, 4.69) is 29.6 Å². The monoisotopic (exact) mass is 299 g/mol. The van der Waals surface area contributed by atoms with Crippen LogP contribution in [0.15, 0.2) is 29.8 Å². The molecule has 0 amide bonds. The zero-order chi connectivity index (χ0) is 15.2. The van der Waals surface area contributed by atoms with Crippen LogP contribution in [0.25, 0.3) is 5.76 Å². The second kappa shape index (κ2) is 7.82. The Morgan fingerprint density at radius 2 is 1.86 bits per heavy atom. The molecule has 0 radical (unpaired) electrons. The summed E-state index contributed by atoms with van der Waals surface area (Å²) in [5.74, 6) is 2.02. The second-order valence-corrected chi connectivity index (χ2v) is 6.70. The van der Waals surface area contributed by atoms with Gasteiger partial charge in [-0.3, -0.25) is 0 Å². The van der Waals surface area contributed by atoms with Crippen LogP contribution in [0, 0.1) is 0 Å². The van der Waals surface area contributed by atoms with Gasteiger partial charge in [0.25, 0.3) is 0 Å². The van der Waals surface area contributed by atoms with E-state index in [-0.39, 0.29) is 0 Å². The molecule has 2 fully saturated rings. The summed E-state index contributed by atoms with van der Waals surface area (Å²) < 4.78 is 6.19. The van der Waals surface area contributed by atoms with E-state index in [1.807, 2.05) is 7.05 Å². The second-order valence-electron chi connectivity index (χ2n) is 6.70. The number of hydrogen-bond donors (Lipinski definition) is 1. The van der Waals surface area contributed by atoms with Crippen LogP contribution in [-0.2, 0) is 4.74 Å². The average Bonchev–Trinajstić information content (AvgIpc) is 3.32. The Morgan fingerprint density at radius 1 is 1.09 bits per heavy atom. The topological polar surface area (TPSA) is 21.3 Å². The van der Waals surface area contributed by atoms with Gasteiger partial charge >= 0.3 is 0 Å². The number of rotatable bonds is 9. The Labute approximate surface area is 135 Å². The minimum absolute atomic E-state index is 0.835. The van der Waals surface area contributed by atoms with Crippen LogP contribution in [0.2, 0.25) is 0 Å². The van der Waals surface area contributed by atoms with Crippen LogP contribution in [0.4, 0.5) is 0 Å². The average molecular weight is 299 g/mol. The van der Waals surface area contributed by atoms with Gasteiger partial charge in [-0.15, -0.1) is 0 Å². The molecule has 0 aliphatic heterocycles. The fraction of sp³-hybridized carbons (Fsp3) is 0.600. The van der Waals surface area contributed by atoms with Gasteiger partial charge in [0.05, 0.1) is 6.61 Å². The minimum Gasteiger partial charge on any atom is -0.493 e. The maximum absolute atomic E-state index is 6.19. The standard InChI is InChI=1S/C20H29NO/c1-21-14-3-2-4-15-22-20(18-6-5-7-18)19-12-10-17(11-13-19)16-8-9-16/h10-13,16,21H,2-9,14-15H2,1H3. The molecule has 1 N–H and O–H groups in total. The quantitative estimate of drug-likeness (QED) is 0.519. The van der Waals surface area contributed by atoms with E-state index in [1.165, 1.54) is 67.4 Å². The summed E-state index contributed by atoms with van der Waals surface area (Å²) in [6, 6.07) is 9.16. The molecule has 0 atom stereocenters. The molecule has 0 heterocycles. The van der Waals surface area contributed by atoms with Gasteiger partial charge in [-0.25, -0.2) is 0 Å². The van der Waals surface area contributed by atoms with Crippen molar-refractivity contribution in [1.29, 1.82) is 0 Å². The Balaban J connectivity index is 1.56. The zero-order valence-electron chi connectivity index (χ0n) is 13.9. The highest BCUT2D eigenvalue weighted by atomic mass is 16.5. The third kappa shape index (κ3) is 4.13. The van der Waals surface area contributed by atoms with Crippen molar-refractivity contribution in [2.45, 2.75) is 57.3 Å². The van der Waals surface area contributed by atoms with Gasteiger partial charge in [0, 0.05) is 5.56 Å². The third-order valence-electron chi connectivity index (χ3n) is 4.82. The number of allylic oxidation sites excluding steroid dienone is 1. The maximum atomic E-state index is 6.19. The van der Waals surface area contributed by atoms with Gasteiger partial charge < -0.3 is 10.1 Å². The fourth-order valence-electron chi connectivity index (χ4n) is 3.05. The van der Waals surface area contributed by atoms with Crippen LogP contribution in [-0.4, -0.2) is 20.2 Å². The molecule has 0 spiro atoms. The molecular weight excluding hydrogens is 270 g/mol. The first-order valence-electron chi connectivity index (χ1n) is 8.98. The molecule has 2 aliphatic rings. The molecule has 2 nitrogen and oxygen atoms in total. The zero-order valence-corrected chi connectivity index (χ0v) is 13.9. The number of hydrogen-bond acceptors (Lipinski definition) is 2. The molecule has 120 valence electrons. The van der Waals surface area contributed by atoms with E-state index >= 15 is 0 Å². The Bertz CT molecular complexity index is 493. The molecule has 0 saturated heterocycles. The van der Waals surface area contributed by atoms with E-state index in [0.717, 1.165) is 25.5 Å². The lowest BCUT2D eigenvalue weighted by atomic mass is 9.89. The van der Waals surface area contributed by atoms with Crippen molar-refractivity contribution in [1.82, 2.24) is 5.32 Å². The SMILES string of the molecule is CNCCCCCOC(=C1CCC1)c1ccc(C2CC2)cc1. The lowest BCUT2D eigenvalue weighted by molar-refractivity contribution is 0.261. The first-order valence-corrected chi connectivity index (χ1v) is 8.98. The van der Waals surface area contributed by atoms with Gasteiger partial charge in [-0.2, -0.15) is 0 Å². The summed E-state index contributed by atoms with van der Waals surface area (Å²) in [7, 11) is 2.01. The molecule has 1 aromatic rings. The predicted octanol–water partition coefficient (Wildman–Crippen LogP) is 4.87. The number of unbranched alkanes of at least 4 members (excludes halogenated alkanes) is 2. The molecule has 2 saturated carbocycles. The van der Waals surface area contributed by atoms with E-state index in [1.54, 1.807) is 0 Å². The molecule has 0 bridgehead atoms. The summed E-state index contributed by atoms with van der Waals surface area (Å²) in [6.45, 7) is 1.96. The molecule has 22 heavy (non-hydrogen) atoms. The lowest BCUT2D eigenvalue weighted by Crippen LogP contribution is -2.08. The molecule has 3 rings (SSSR count). The largest absolute Gasteiger partial charge is 0.493 e. The first-order chi connectivity index (χ1) is 10.9. The van der Waals surface area contributed by atoms with Gasteiger partial charge in [-0.1, -0.05) is 24.3 Å². The van der Waals surface area contributed by atoms with Crippen LogP contribution >= 0.6 is 0 Å². The fourth-order valence-corrected chi connectivity index (χ4v) is 3.05. The number of nitrogens with one attached hydrogen (secondary N) is 1. The molecular formula is C20H29NO. The van der Waals surface area contributed by atoms with Crippen LogP contribution < -0.4 is 5.32 Å². The minimum atomic E-state index is 0.835. The van der Waals surface area contributed by atoms with Gasteiger partial charge in [0.2, 0.25) is 0 Å². The normalized spacial score (nSPS) is 17.2. The smallest absolute Gasteiger partial charge is 0.125 e. The van der Waals surface area contributed by atoms with Crippen molar-refractivity contribution >= 4 is 5.76 Å². The molecule has 1 aromatic carbocycles. The highest BCUT2D eigenvalue weighted by molar-refractivity contribution is 5.64. The van der Waals surface area contributed by atoms with Gasteiger partial charge in [0.15, 0.2) is 0 Å². The van der Waals surface area contributed by atoms with E-state index in [0.29, 0.717) is 0 Å². The summed E-state index contributed by atoms with van der Waals surface area (Å²) in [4.78, 5) is 0. The third-order valence-corrected chi connectivity index (χ3v) is 4.82. The van der Waals surface area contributed by atoms with Gasteiger partial charge in [0.1, 0.15) is 5.76 Å². The maximum Gasteiger partial charge on any atom is 0.125 e. The molecule has 0 aromatic heterocycles. The van der Waals surface area contributed by atoms with Crippen LogP contribution in [0.3, 0.4) is 0 Å². The highest BCUT2D eigenvalue weighted by Crippen LogP contribution is 2.41. The Hall–Kier alpha value is -1.28. The van der Waals surface area contributed by atoms with E-state index < -0.39 is 0 Å². The summed E-state index contributed by atoms with van der Waals surface area (Å²) in [5, 5.41) is 3.20. The summed E-state index contributed by atoms with van der Waals surface area (Å²) in [6.07, 6.45) is 10.1. The first kappa shape index (κ1) is 15.6. The highest BCUT2D eigenvalue weighted by Gasteiger charge is 2.23. The Morgan fingerprint density at radius 3 is 2.45 bits per heavy atom. The number of benzene rings is 1. The van der Waals surface area contributed by atoms with Crippen molar-refractivity contribution in [3.63, 3.8) is 0 Å². The molecule has 0 unspecified atom stereocenters. The van der Waals surface area contributed by atoms with Crippen molar-refractivity contribution < 1.29 is 4.74 Å². The Kier molecular flexibility index (Phi) is 5.55.